The van der Waals surface area contributed by atoms with E-state index in [0.29, 0.717) is 22.3 Å². The predicted octanol–water partition coefficient (Wildman–Crippen LogP) is 4.35. The summed E-state index contributed by atoms with van der Waals surface area (Å²) in [5.41, 5.74) is 7.76. The van der Waals surface area contributed by atoms with E-state index in [1.807, 2.05) is 36.4 Å². The molecule has 0 fully saturated rings. The zero-order chi connectivity index (χ0) is 17.7. The molecule has 3 aromatic rings. The van der Waals surface area contributed by atoms with Crippen molar-refractivity contribution in [1.29, 1.82) is 0 Å². The monoisotopic (exact) mass is 338 g/mol. The third-order valence-electron chi connectivity index (χ3n) is 5.65. The molecule has 0 aromatic heterocycles. The lowest BCUT2D eigenvalue weighted by Crippen LogP contribution is -2.12. The molecule has 3 aromatic carbocycles. The Kier molecular flexibility index (Phi) is 3.39. The predicted molar refractivity (Wildman–Crippen MR) is 101 cm³/mol. The van der Waals surface area contributed by atoms with Crippen molar-refractivity contribution in [2.75, 3.05) is 0 Å². The minimum Gasteiger partial charge on any atom is -0.289 e. The van der Waals surface area contributed by atoms with E-state index in [1.165, 1.54) is 22.3 Å². The van der Waals surface area contributed by atoms with Crippen molar-refractivity contribution in [1.82, 2.24) is 0 Å². The highest BCUT2D eigenvalue weighted by molar-refractivity contribution is 6.13. The average Bonchev–Trinajstić information content (AvgIpc) is 2.63. The van der Waals surface area contributed by atoms with E-state index < -0.39 is 0 Å². The smallest absolute Gasteiger partial charge is 0.193 e. The molecule has 0 spiro atoms. The Bertz CT molecular complexity index is 993. The van der Waals surface area contributed by atoms with Crippen LogP contribution in [-0.4, -0.2) is 11.6 Å². The summed E-state index contributed by atoms with van der Waals surface area (Å²) in [7, 11) is 0. The topological polar surface area (TPSA) is 34.1 Å². The van der Waals surface area contributed by atoms with Crippen LogP contribution in [-0.2, 0) is 25.7 Å². The van der Waals surface area contributed by atoms with Crippen LogP contribution in [0.5, 0.6) is 0 Å². The van der Waals surface area contributed by atoms with Crippen LogP contribution in [0.25, 0.3) is 0 Å². The van der Waals surface area contributed by atoms with Crippen LogP contribution in [0.3, 0.4) is 0 Å². The van der Waals surface area contributed by atoms with E-state index in [9.17, 15) is 9.59 Å². The van der Waals surface area contributed by atoms with Crippen molar-refractivity contribution < 1.29 is 9.59 Å². The number of ketones is 2. The third kappa shape index (κ3) is 2.41. The Morgan fingerprint density at radius 2 is 0.923 bits per heavy atom. The van der Waals surface area contributed by atoms with E-state index in [0.717, 1.165) is 25.7 Å². The molecule has 0 saturated heterocycles. The highest BCUT2D eigenvalue weighted by atomic mass is 16.1. The third-order valence-corrected chi connectivity index (χ3v) is 5.65. The summed E-state index contributed by atoms with van der Waals surface area (Å²) in [6.07, 6.45) is 4.31. The summed E-state index contributed by atoms with van der Waals surface area (Å²) in [4.78, 5) is 25.7. The number of fused-ring (bicyclic) bond motifs is 2. The lowest BCUT2D eigenvalue weighted by molar-refractivity contribution is 0.103. The first kappa shape index (κ1) is 15.3. The van der Waals surface area contributed by atoms with Crippen molar-refractivity contribution in [3.63, 3.8) is 0 Å². The molecule has 126 valence electrons. The maximum absolute atomic E-state index is 12.8. The van der Waals surface area contributed by atoms with Gasteiger partial charge in [-0.15, -0.1) is 0 Å². The Hall–Kier alpha value is -3.00. The molecule has 2 heteroatoms. The van der Waals surface area contributed by atoms with E-state index in [-0.39, 0.29) is 11.6 Å². The van der Waals surface area contributed by atoms with E-state index in [2.05, 4.69) is 0 Å². The largest absolute Gasteiger partial charge is 0.289 e. The molecular formula is C24H18O2. The molecule has 0 aliphatic heterocycles. The second-order valence-corrected chi connectivity index (χ2v) is 7.21. The second kappa shape index (κ2) is 5.77. The van der Waals surface area contributed by atoms with Gasteiger partial charge in [-0.3, -0.25) is 9.59 Å². The molecule has 0 radical (unpaired) electrons. The fourth-order valence-electron chi connectivity index (χ4n) is 3.81. The molecular weight excluding hydrogens is 320 g/mol. The first-order valence-electron chi connectivity index (χ1n) is 9.12. The number of carbonyl (C=O) groups excluding carboxylic acids is 2. The number of benzene rings is 3. The molecule has 0 atom stereocenters. The van der Waals surface area contributed by atoms with Crippen LogP contribution in [0.2, 0.25) is 0 Å². The van der Waals surface area contributed by atoms with Crippen LogP contribution in [0.4, 0.5) is 0 Å². The van der Waals surface area contributed by atoms with Gasteiger partial charge in [0.2, 0.25) is 0 Å². The first-order chi connectivity index (χ1) is 12.7. The lowest BCUT2D eigenvalue weighted by atomic mass is 9.85. The van der Waals surface area contributed by atoms with Gasteiger partial charge in [-0.25, -0.2) is 0 Å². The van der Waals surface area contributed by atoms with Crippen molar-refractivity contribution >= 4 is 11.6 Å². The average molecular weight is 338 g/mol. The van der Waals surface area contributed by atoms with Crippen molar-refractivity contribution in [2.24, 2.45) is 0 Å². The fraction of sp³-hybridized carbons (Fsp3) is 0.167. The van der Waals surface area contributed by atoms with Crippen LogP contribution >= 0.6 is 0 Å². The summed E-state index contributed by atoms with van der Waals surface area (Å²) in [6.45, 7) is 0. The van der Waals surface area contributed by atoms with Crippen molar-refractivity contribution in [3.05, 3.63) is 105 Å². The minimum absolute atomic E-state index is 0.0218. The summed E-state index contributed by atoms with van der Waals surface area (Å²) >= 11 is 0. The quantitative estimate of drug-likeness (QED) is 0.663. The van der Waals surface area contributed by atoms with Gasteiger partial charge in [0.1, 0.15) is 0 Å². The van der Waals surface area contributed by atoms with Crippen molar-refractivity contribution in [2.45, 2.75) is 25.7 Å². The van der Waals surface area contributed by atoms with Crippen LogP contribution < -0.4 is 0 Å². The van der Waals surface area contributed by atoms with Crippen LogP contribution in [0.1, 0.15) is 54.1 Å². The van der Waals surface area contributed by atoms with Crippen LogP contribution in [0, 0.1) is 0 Å². The number of hydrogen-bond donors (Lipinski definition) is 0. The number of aryl methyl sites for hydroxylation is 4. The molecule has 2 nitrogen and oxygen atoms in total. The molecule has 0 heterocycles. The van der Waals surface area contributed by atoms with Gasteiger partial charge in [0.25, 0.3) is 0 Å². The Balaban J connectivity index is 1.46. The molecule has 0 saturated carbocycles. The summed E-state index contributed by atoms with van der Waals surface area (Å²) in [6, 6.07) is 19.0. The molecule has 5 rings (SSSR count). The maximum Gasteiger partial charge on any atom is 0.193 e. The zero-order valence-electron chi connectivity index (χ0n) is 14.4. The second-order valence-electron chi connectivity index (χ2n) is 7.21. The Morgan fingerprint density at radius 3 is 1.31 bits per heavy atom. The SMILES string of the molecule is O=C(c1cccc(C(=O)c2ccc3c(c2)CC3)c1)c1ccc2c(c1)CC2. The van der Waals surface area contributed by atoms with Gasteiger partial charge in [-0.05, 0) is 66.1 Å². The molecule has 0 amide bonds. The normalized spacial score (nSPS) is 13.8. The molecule has 26 heavy (non-hydrogen) atoms. The summed E-state index contributed by atoms with van der Waals surface area (Å²) in [5, 5.41) is 0. The van der Waals surface area contributed by atoms with Gasteiger partial charge >= 0.3 is 0 Å². The highest BCUT2D eigenvalue weighted by Crippen LogP contribution is 2.26. The lowest BCUT2D eigenvalue weighted by Gasteiger charge is -2.19. The van der Waals surface area contributed by atoms with Crippen molar-refractivity contribution in [3.8, 4) is 0 Å². The number of hydrogen-bond acceptors (Lipinski definition) is 2. The maximum atomic E-state index is 12.8. The molecule has 0 unspecified atom stereocenters. The van der Waals surface area contributed by atoms with Gasteiger partial charge < -0.3 is 0 Å². The first-order valence-corrected chi connectivity index (χ1v) is 9.12. The highest BCUT2D eigenvalue weighted by Gasteiger charge is 2.19. The van der Waals surface area contributed by atoms with E-state index >= 15 is 0 Å². The summed E-state index contributed by atoms with van der Waals surface area (Å²) in [5.74, 6) is -0.0435. The minimum atomic E-state index is -0.0218. The van der Waals surface area contributed by atoms with Gasteiger partial charge in [-0.1, -0.05) is 42.5 Å². The molecule has 2 aliphatic rings. The fourth-order valence-corrected chi connectivity index (χ4v) is 3.81. The molecule has 0 N–H and O–H groups in total. The standard InChI is InChI=1S/C24H18O2/c25-23(21-10-6-15-4-8-17(15)12-21)19-2-1-3-20(14-19)24(26)22-11-7-16-5-9-18(16)13-22/h1-3,6-7,10-14H,4-5,8-9H2. The zero-order valence-corrected chi connectivity index (χ0v) is 14.4. The van der Waals surface area contributed by atoms with Gasteiger partial charge in [-0.2, -0.15) is 0 Å². The Labute approximate surface area is 152 Å². The van der Waals surface area contributed by atoms with Gasteiger partial charge in [0.15, 0.2) is 11.6 Å². The van der Waals surface area contributed by atoms with Crippen LogP contribution in [0.15, 0.2) is 60.7 Å². The van der Waals surface area contributed by atoms with Gasteiger partial charge in [0, 0.05) is 22.3 Å². The Morgan fingerprint density at radius 1 is 0.500 bits per heavy atom. The summed E-state index contributed by atoms with van der Waals surface area (Å²) < 4.78 is 0. The van der Waals surface area contributed by atoms with E-state index in [4.69, 9.17) is 0 Å². The number of rotatable bonds is 4. The molecule has 2 aliphatic carbocycles. The molecule has 0 bridgehead atoms. The van der Waals surface area contributed by atoms with E-state index in [1.54, 1.807) is 24.3 Å². The number of carbonyl (C=O) groups is 2. The van der Waals surface area contributed by atoms with Gasteiger partial charge in [0.05, 0.1) is 0 Å².